The van der Waals surface area contributed by atoms with Crippen molar-refractivity contribution in [2.24, 2.45) is 5.92 Å². The fourth-order valence-corrected chi connectivity index (χ4v) is 1.18. The molecule has 0 aliphatic rings. The number of terminal acetylenes is 1. The van der Waals surface area contributed by atoms with Crippen LogP contribution in [-0.4, -0.2) is 26.8 Å². The highest BCUT2D eigenvalue weighted by atomic mass is 16.5. The summed E-state index contributed by atoms with van der Waals surface area (Å²) in [5, 5.41) is 3.34. The van der Waals surface area contributed by atoms with Crippen LogP contribution in [0.2, 0.25) is 0 Å². The fourth-order valence-electron chi connectivity index (χ4n) is 1.18. The highest BCUT2D eigenvalue weighted by Gasteiger charge is 1.99. The SMILES string of the molecule is C#CCCCC(C)CNCCOC. The summed E-state index contributed by atoms with van der Waals surface area (Å²) >= 11 is 0. The van der Waals surface area contributed by atoms with Crippen LogP contribution in [0.4, 0.5) is 0 Å². The van der Waals surface area contributed by atoms with Crippen molar-refractivity contribution < 1.29 is 4.74 Å². The molecule has 0 radical (unpaired) electrons. The predicted octanol–water partition coefficient (Wildman–Crippen LogP) is 1.66. The van der Waals surface area contributed by atoms with E-state index in [1.807, 2.05) is 0 Å². The van der Waals surface area contributed by atoms with Gasteiger partial charge in [-0.2, -0.15) is 0 Å². The topological polar surface area (TPSA) is 21.3 Å². The third-order valence-electron chi connectivity index (χ3n) is 1.99. The normalized spacial score (nSPS) is 12.4. The zero-order chi connectivity index (χ0) is 9.94. The van der Waals surface area contributed by atoms with E-state index in [2.05, 4.69) is 18.2 Å². The monoisotopic (exact) mass is 183 g/mol. The summed E-state index contributed by atoms with van der Waals surface area (Å²) < 4.78 is 4.93. The number of methoxy groups -OCH3 is 1. The Labute approximate surface area is 82.1 Å². The molecule has 2 heteroatoms. The molecule has 0 saturated heterocycles. The lowest BCUT2D eigenvalue weighted by atomic mass is 10.0. The van der Waals surface area contributed by atoms with E-state index in [9.17, 15) is 0 Å². The summed E-state index contributed by atoms with van der Waals surface area (Å²) in [6, 6.07) is 0. The molecular formula is C11H21NO. The molecule has 0 amide bonds. The molecule has 0 aliphatic carbocycles. The molecule has 0 rings (SSSR count). The smallest absolute Gasteiger partial charge is 0.0587 e. The summed E-state index contributed by atoms with van der Waals surface area (Å²) in [5.41, 5.74) is 0. The van der Waals surface area contributed by atoms with Crippen LogP contribution in [0.15, 0.2) is 0 Å². The van der Waals surface area contributed by atoms with Gasteiger partial charge in [0.25, 0.3) is 0 Å². The maximum Gasteiger partial charge on any atom is 0.0587 e. The molecule has 13 heavy (non-hydrogen) atoms. The molecule has 0 bridgehead atoms. The minimum Gasteiger partial charge on any atom is -0.383 e. The van der Waals surface area contributed by atoms with Crippen molar-refractivity contribution in [1.82, 2.24) is 5.32 Å². The second-order valence-electron chi connectivity index (χ2n) is 3.40. The van der Waals surface area contributed by atoms with Crippen molar-refractivity contribution >= 4 is 0 Å². The number of ether oxygens (including phenoxy) is 1. The molecule has 0 aromatic heterocycles. The summed E-state index contributed by atoms with van der Waals surface area (Å²) in [4.78, 5) is 0. The van der Waals surface area contributed by atoms with Crippen LogP contribution in [0.25, 0.3) is 0 Å². The Bertz CT molecular complexity index is 140. The zero-order valence-electron chi connectivity index (χ0n) is 8.81. The van der Waals surface area contributed by atoms with E-state index in [1.165, 1.54) is 6.42 Å². The lowest BCUT2D eigenvalue weighted by Crippen LogP contribution is -2.24. The Kier molecular flexibility index (Phi) is 9.18. The fraction of sp³-hybridized carbons (Fsp3) is 0.818. The van der Waals surface area contributed by atoms with Gasteiger partial charge < -0.3 is 10.1 Å². The third kappa shape index (κ3) is 9.39. The van der Waals surface area contributed by atoms with Crippen LogP contribution in [0.5, 0.6) is 0 Å². The van der Waals surface area contributed by atoms with Crippen LogP contribution in [-0.2, 0) is 4.74 Å². The molecule has 0 aromatic rings. The molecule has 0 heterocycles. The number of hydrogen-bond acceptors (Lipinski definition) is 2. The average Bonchev–Trinajstić information content (AvgIpc) is 2.13. The van der Waals surface area contributed by atoms with E-state index in [0.717, 1.165) is 32.5 Å². The Morgan fingerprint density at radius 3 is 2.92 bits per heavy atom. The molecule has 0 fully saturated rings. The van der Waals surface area contributed by atoms with E-state index in [0.29, 0.717) is 5.92 Å². The summed E-state index contributed by atoms with van der Waals surface area (Å²) in [6.45, 7) is 5.04. The van der Waals surface area contributed by atoms with E-state index in [-0.39, 0.29) is 0 Å². The van der Waals surface area contributed by atoms with Gasteiger partial charge in [0.2, 0.25) is 0 Å². The lowest BCUT2D eigenvalue weighted by Gasteiger charge is -2.11. The van der Waals surface area contributed by atoms with Crippen molar-refractivity contribution in [3.8, 4) is 12.3 Å². The third-order valence-corrected chi connectivity index (χ3v) is 1.99. The van der Waals surface area contributed by atoms with Gasteiger partial charge in [-0.05, 0) is 25.3 Å². The Morgan fingerprint density at radius 2 is 2.31 bits per heavy atom. The second kappa shape index (κ2) is 9.57. The molecule has 0 spiro atoms. The first-order valence-electron chi connectivity index (χ1n) is 4.94. The Balaban J connectivity index is 3.11. The first kappa shape index (κ1) is 12.5. The molecule has 2 nitrogen and oxygen atoms in total. The summed E-state index contributed by atoms with van der Waals surface area (Å²) in [6.07, 6.45) is 8.43. The van der Waals surface area contributed by atoms with Crippen LogP contribution in [0.1, 0.15) is 26.2 Å². The second-order valence-corrected chi connectivity index (χ2v) is 3.40. The number of hydrogen-bond donors (Lipinski definition) is 1. The van der Waals surface area contributed by atoms with Gasteiger partial charge in [-0.15, -0.1) is 12.3 Å². The van der Waals surface area contributed by atoms with Gasteiger partial charge in [0.1, 0.15) is 0 Å². The first-order chi connectivity index (χ1) is 6.31. The van der Waals surface area contributed by atoms with Gasteiger partial charge in [0.15, 0.2) is 0 Å². The molecule has 76 valence electrons. The van der Waals surface area contributed by atoms with Gasteiger partial charge >= 0.3 is 0 Å². The van der Waals surface area contributed by atoms with Gasteiger partial charge in [0.05, 0.1) is 6.61 Å². The van der Waals surface area contributed by atoms with E-state index >= 15 is 0 Å². The van der Waals surface area contributed by atoms with Crippen LogP contribution >= 0.6 is 0 Å². The number of nitrogens with one attached hydrogen (secondary N) is 1. The van der Waals surface area contributed by atoms with Gasteiger partial charge in [-0.1, -0.05) is 6.92 Å². The predicted molar refractivity (Wildman–Crippen MR) is 56.6 cm³/mol. The molecule has 1 N–H and O–H groups in total. The Morgan fingerprint density at radius 1 is 1.54 bits per heavy atom. The summed E-state index contributed by atoms with van der Waals surface area (Å²) in [5.74, 6) is 3.37. The molecule has 1 atom stereocenters. The van der Waals surface area contributed by atoms with Crippen molar-refractivity contribution in [1.29, 1.82) is 0 Å². The molecule has 0 saturated carbocycles. The molecule has 1 unspecified atom stereocenters. The number of unbranched alkanes of at least 4 members (excludes halogenated alkanes) is 1. The van der Waals surface area contributed by atoms with E-state index in [1.54, 1.807) is 7.11 Å². The minimum absolute atomic E-state index is 0.713. The molecule has 0 aromatic carbocycles. The minimum atomic E-state index is 0.713. The van der Waals surface area contributed by atoms with E-state index < -0.39 is 0 Å². The molecule has 0 aliphatic heterocycles. The van der Waals surface area contributed by atoms with Crippen molar-refractivity contribution in [3.05, 3.63) is 0 Å². The van der Waals surface area contributed by atoms with E-state index in [4.69, 9.17) is 11.2 Å². The maximum atomic E-state index is 5.17. The van der Waals surface area contributed by atoms with Crippen LogP contribution in [0.3, 0.4) is 0 Å². The maximum absolute atomic E-state index is 5.17. The van der Waals surface area contributed by atoms with Crippen molar-refractivity contribution in [2.75, 3.05) is 26.8 Å². The quantitative estimate of drug-likeness (QED) is 0.456. The highest BCUT2D eigenvalue weighted by molar-refractivity contribution is 4.83. The van der Waals surface area contributed by atoms with Gasteiger partial charge in [0, 0.05) is 20.1 Å². The Hall–Kier alpha value is -0.520. The van der Waals surface area contributed by atoms with Crippen molar-refractivity contribution in [3.63, 3.8) is 0 Å². The summed E-state index contributed by atoms with van der Waals surface area (Å²) in [7, 11) is 1.72. The highest BCUT2D eigenvalue weighted by Crippen LogP contribution is 2.05. The van der Waals surface area contributed by atoms with Crippen LogP contribution < -0.4 is 5.32 Å². The number of rotatable bonds is 8. The molecular weight excluding hydrogens is 162 g/mol. The lowest BCUT2D eigenvalue weighted by molar-refractivity contribution is 0.198. The zero-order valence-corrected chi connectivity index (χ0v) is 8.81. The van der Waals surface area contributed by atoms with Crippen molar-refractivity contribution in [2.45, 2.75) is 26.2 Å². The standard InChI is InChI=1S/C11H21NO/c1-4-5-6-7-11(2)10-12-8-9-13-3/h1,11-12H,5-10H2,2-3H3. The first-order valence-corrected chi connectivity index (χ1v) is 4.94. The largest absolute Gasteiger partial charge is 0.383 e. The van der Waals surface area contributed by atoms with Gasteiger partial charge in [-0.25, -0.2) is 0 Å². The van der Waals surface area contributed by atoms with Gasteiger partial charge in [-0.3, -0.25) is 0 Å². The average molecular weight is 183 g/mol. The van der Waals surface area contributed by atoms with Crippen LogP contribution in [0, 0.1) is 18.3 Å².